The van der Waals surface area contributed by atoms with Crippen molar-refractivity contribution in [3.8, 4) is 0 Å². The quantitative estimate of drug-likeness (QED) is 0.758. The highest BCUT2D eigenvalue weighted by molar-refractivity contribution is 5.79. The highest BCUT2D eigenvalue weighted by atomic mass is 16.1. The van der Waals surface area contributed by atoms with Gasteiger partial charge in [0.05, 0.1) is 12.2 Å². The summed E-state index contributed by atoms with van der Waals surface area (Å²) in [6, 6.07) is 0.305. The molecule has 5 heteroatoms. The zero-order valence-electron chi connectivity index (χ0n) is 11.6. The number of carbonyl (C=O) groups is 1. The van der Waals surface area contributed by atoms with E-state index in [2.05, 4.69) is 27.1 Å². The lowest BCUT2D eigenvalue weighted by atomic mass is 9.91. The molecule has 2 rings (SSSR count). The van der Waals surface area contributed by atoms with Gasteiger partial charge >= 0.3 is 0 Å². The molecular weight excluding hydrogens is 240 g/mol. The molecule has 2 unspecified atom stereocenters. The molecule has 2 heterocycles. The number of hydrogen-bond acceptors (Lipinski definition) is 3. The van der Waals surface area contributed by atoms with Crippen molar-refractivity contribution in [1.82, 2.24) is 20.2 Å². The molecule has 2 atom stereocenters. The summed E-state index contributed by atoms with van der Waals surface area (Å²) in [5, 5.41) is 6.42. The third-order valence-corrected chi connectivity index (χ3v) is 3.80. The Morgan fingerprint density at radius 2 is 2.42 bits per heavy atom. The van der Waals surface area contributed by atoms with Crippen molar-refractivity contribution in [2.45, 2.75) is 45.2 Å². The Morgan fingerprint density at radius 1 is 1.53 bits per heavy atom. The molecule has 0 spiro atoms. The van der Waals surface area contributed by atoms with Crippen LogP contribution < -0.4 is 10.6 Å². The van der Waals surface area contributed by atoms with E-state index in [-0.39, 0.29) is 11.8 Å². The Hall–Kier alpha value is -1.36. The predicted octanol–water partition coefficient (Wildman–Crippen LogP) is 1.17. The number of piperidine rings is 1. The average molecular weight is 264 g/mol. The van der Waals surface area contributed by atoms with Crippen LogP contribution in [0.3, 0.4) is 0 Å². The van der Waals surface area contributed by atoms with Gasteiger partial charge in [0.1, 0.15) is 0 Å². The minimum absolute atomic E-state index is 0.141. The van der Waals surface area contributed by atoms with Gasteiger partial charge in [0.15, 0.2) is 0 Å². The van der Waals surface area contributed by atoms with E-state index in [9.17, 15) is 4.79 Å². The number of unbranched alkanes of at least 4 members (excludes halogenated alkanes) is 1. The van der Waals surface area contributed by atoms with E-state index in [1.807, 2.05) is 12.5 Å². The van der Waals surface area contributed by atoms with Gasteiger partial charge in [-0.3, -0.25) is 4.79 Å². The summed E-state index contributed by atoms with van der Waals surface area (Å²) in [6.45, 7) is 4.88. The Bertz CT molecular complexity index is 377. The van der Waals surface area contributed by atoms with E-state index in [0.717, 1.165) is 45.3 Å². The minimum atomic E-state index is 0.141. The van der Waals surface area contributed by atoms with Crippen LogP contribution in [0.5, 0.6) is 0 Å². The van der Waals surface area contributed by atoms with Crippen molar-refractivity contribution in [2.24, 2.45) is 5.92 Å². The lowest BCUT2D eigenvalue weighted by Crippen LogP contribution is -2.46. The van der Waals surface area contributed by atoms with Crippen molar-refractivity contribution in [2.75, 3.05) is 13.1 Å². The van der Waals surface area contributed by atoms with Crippen molar-refractivity contribution in [3.63, 3.8) is 0 Å². The second kappa shape index (κ2) is 7.28. The number of nitrogens with zero attached hydrogens (tertiary/aromatic N) is 2. The maximum absolute atomic E-state index is 12.0. The van der Waals surface area contributed by atoms with Gasteiger partial charge in [0.25, 0.3) is 0 Å². The standard InChI is InChI=1S/C14H24N4O/c1-12-13(5-4-7-16-12)14(19)17-6-2-3-9-18-10-8-15-11-18/h8,10-13,16H,2-7,9H2,1H3,(H,17,19). The van der Waals surface area contributed by atoms with Gasteiger partial charge in [-0.2, -0.15) is 0 Å². The largest absolute Gasteiger partial charge is 0.356 e. The van der Waals surface area contributed by atoms with E-state index in [4.69, 9.17) is 0 Å². The molecule has 1 aromatic heterocycles. The minimum Gasteiger partial charge on any atom is -0.356 e. The van der Waals surface area contributed by atoms with Crippen LogP contribution in [0.15, 0.2) is 18.7 Å². The molecule has 106 valence electrons. The van der Waals surface area contributed by atoms with E-state index in [0.29, 0.717) is 6.04 Å². The predicted molar refractivity (Wildman–Crippen MR) is 74.7 cm³/mol. The first kappa shape index (κ1) is 14.1. The third kappa shape index (κ3) is 4.35. The van der Waals surface area contributed by atoms with E-state index < -0.39 is 0 Å². The van der Waals surface area contributed by atoms with Crippen molar-refractivity contribution in [1.29, 1.82) is 0 Å². The van der Waals surface area contributed by atoms with Crippen molar-refractivity contribution < 1.29 is 4.79 Å². The van der Waals surface area contributed by atoms with Gasteiger partial charge in [0, 0.05) is 31.5 Å². The zero-order chi connectivity index (χ0) is 13.5. The van der Waals surface area contributed by atoms with E-state index >= 15 is 0 Å². The molecule has 1 amide bonds. The summed E-state index contributed by atoms with van der Waals surface area (Å²) in [4.78, 5) is 16.0. The molecule has 1 saturated heterocycles. The Morgan fingerprint density at radius 3 is 3.16 bits per heavy atom. The lowest BCUT2D eigenvalue weighted by Gasteiger charge is -2.28. The highest BCUT2D eigenvalue weighted by Gasteiger charge is 2.26. The average Bonchev–Trinajstić information content (AvgIpc) is 2.92. The van der Waals surface area contributed by atoms with Gasteiger partial charge in [-0.1, -0.05) is 0 Å². The lowest BCUT2D eigenvalue weighted by molar-refractivity contribution is -0.126. The number of aromatic nitrogens is 2. The Kier molecular flexibility index (Phi) is 5.39. The van der Waals surface area contributed by atoms with Gasteiger partial charge in [-0.15, -0.1) is 0 Å². The molecule has 1 aliphatic rings. The number of aryl methyl sites for hydroxylation is 1. The number of nitrogens with one attached hydrogen (secondary N) is 2. The van der Waals surface area contributed by atoms with Gasteiger partial charge < -0.3 is 15.2 Å². The second-order valence-corrected chi connectivity index (χ2v) is 5.29. The fourth-order valence-corrected chi connectivity index (χ4v) is 2.58. The van der Waals surface area contributed by atoms with Crippen LogP contribution in [-0.2, 0) is 11.3 Å². The van der Waals surface area contributed by atoms with Crippen LogP contribution in [-0.4, -0.2) is 34.6 Å². The SMILES string of the molecule is CC1NCCCC1C(=O)NCCCCn1ccnc1. The maximum atomic E-state index is 12.0. The first-order chi connectivity index (χ1) is 9.27. The van der Waals surface area contributed by atoms with Crippen LogP contribution >= 0.6 is 0 Å². The second-order valence-electron chi connectivity index (χ2n) is 5.29. The molecular formula is C14H24N4O. The third-order valence-electron chi connectivity index (χ3n) is 3.80. The van der Waals surface area contributed by atoms with Gasteiger partial charge in [-0.25, -0.2) is 4.98 Å². The first-order valence-corrected chi connectivity index (χ1v) is 7.24. The molecule has 5 nitrogen and oxygen atoms in total. The number of amides is 1. The number of imidazole rings is 1. The molecule has 0 saturated carbocycles. The molecule has 1 aliphatic heterocycles. The van der Waals surface area contributed by atoms with E-state index in [1.165, 1.54) is 0 Å². The summed E-state index contributed by atoms with van der Waals surface area (Å²) < 4.78 is 2.06. The van der Waals surface area contributed by atoms with Gasteiger partial charge in [0.2, 0.25) is 5.91 Å². The molecule has 19 heavy (non-hydrogen) atoms. The molecule has 0 aliphatic carbocycles. The summed E-state index contributed by atoms with van der Waals surface area (Å²) in [5.74, 6) is 0.352. The fraction of sp³-hybridized carbons (Fsp3) is 0.714. The summed E-state index contributed by atoms with van der Waals surface area (Å²) >= 11 is 0. The highest BCUT2D eigenvalue weighted by Crippen LogP contribution is 2.16. The molecule has 0 aromatic carbocycles. The van der Waals surface area contributed by atoms with Gasteiger partial charge in [-0.05, 0) is 39.2 Å². The summed E-state index contributed by atoms with van der Waals surface area (Å²) in [5.41, 5.74) is 0. The van der Waals surface area contributed by atoms with Crippen LogP contribution in [0.4, 0.5) is 0 Å². The maximum Gasteiger partial charge on any atom is 0.224 e. The molecule has 1 aromatic rings. The van der Waals surface area contributed by atoms with Crippen LogP contribution in [0, 0.1) is 5.92 Å². The topological polar surface area (TPSA) is 59.0 Å². The van der Waals surface area contributed by atoms with Crippen LogP contribution in [0.1, 0.15) is 32.6 Å². The smallest absolute Gasteiger partial charge is 0.224 e. The first-order valence-electron chi connectivity index (χ1n) is 7.24. The van der Waals surface area contributed by atoms with Crippen LogP contribution in [0.2, 0.25) is 0 Å². The fourth-order valence-electron chi connectivity index (χ4n) is 2.58. The molecule has 0 bridgehead atoms. The molecule has 1 fully saturated rings. The zero-order valence-corrected chi connectivity index (χ0v) is 11.6. The number of rotatable bonds is 6. The summed E-state index contributed by atoms with van der Waals surface area (Å²) in [6.07, 6.45) is 9.77. The number of hydrogen-bond donors (Lipinski definition) is 2. The normalized spacial score (nSPS) is 23.2. The summed E-state index contributed by atoms with van der Waals surface area (Å²) in [7, 11) is 0. The van der Waals surface area contributed by atoms with Crippen molar-refractivity contribution in [3.05, 3.63) is 18.7 Å². The van der Waals surface area contributed by atoms with Crippen LogP contribution in [0.25, 0.3) is 0 Å². The molecule has 2 N–H and O–H groups in total. The Labute approximate surface area is 114 Å². The van der Waals surface area contributed by atoms with Crippen molar-refractivity contribution >= 4 is 5.91 Å². The van der Waals surface area contributed by atoms with E-state index in [1.54, 1.807) is 6.20 Å². The monoisotopic (exact) mass is 264 g/mol. The Balaban J connectivity index is 1.58. The number of carbonyl (C=O) groups excluding carboxylic acids is 1. The molecule has 0 radical (unpaired) electrons.